The smallest absolute Gasteiger partial charge is 0.726 e. The van der Waals surface area contributed by atoms with Crippen LogP contribution < -0.4 is 64.4 Å². The summed E-state index contributed by atoms with van der Waals surface area (Å²) in [6.45, 7) is 0. The second-order valence-corrected chi connectivity index (χ2v) is 4.69. The van der Waals surface area contributed by atoms with E-state index in [4.69, 9.17) is 4.18 Å². The fourth-order valence-corrected chi connectivity index (χ4v) is 2.38. The van der Waals surface area contributed by atoms with Crippen LogP contribution in [0.4, 0.5) is 0 Å². The topological polar surface area (TPSA) is 117 Å². The van der Waals surface area contributed by atoms with Gasteiger partial charge in [0.1, 0.15) is 0 Å². The maximum Gasteiger partial charge on any atom is 1.00 e. The normalized spacial score (nSPS) is 23.9. The van der Waals surface area contributed by atoms with Crippen molar-refractivity contribution in [2.75, 3.05) is 0 Å². The first-order valence-corrected chi connectivity index (χ1v) is 6.44. The van der Waals surface area contributed by atoms with Gasteiger partial charge in [0.2, 0.25) is 10.4 Å². The third kappa shape index (κ3) is 10.8. The van der Waals surface area contributed by atoms with Crippen molar-refractivity contribution in [3.05, 3.63) is 0 Å². The zero-order valence-corrected chi connectivity index (χ0v) is 15.7. The molecule has 1 aliphatic rings. The van der Waals surface area contributed by atoms with Crippen molar-refractivity contribution in [2.45, 2.75) is 37.9 Å². The van der Waals surface area contributed by atoms with Crippen LogP contribution in [0.2, 0.25) is 0 Å². The van der Waals surface area contributed by atoms with E-state index in [1.54, 1.807) is 0 Å². The van der Waals surface area contributed by atoms with Crippen molar-refractivity contribution in [2.24, 2.45) is 0 Å². The Morgan fingerprint density at radius 3 is 2.33 bits per heavy atom. The van der Waals surface area contributed by atoms with Gasteiger partial charge in [-0.2, -0.15) is 0 Å². The maximum atomic E-state index is 10.4. The van der Waals surface area contributed by atoms with Crippen molar-refractivity contribution < 1.29 is 95.1 Å². The van der Waals surface area contributed by atoms with Crippen molar-refractivity contribution in [1.29, 1.82) is 0 Å². The molecule has 96 valence electrons. The number of hydrogen-bond donors (Lipinski definition) is 0. The number of hydrogen-bond acceptors (Lipinski definition) is 9. The average Bonchev–Trinajstić information content (AvgIpc) is 2.16. The molecule has 8 nitrogen and oxygen atoms in total. The molecular formula is C6H10Na2O8S2. The van der Waals surface area contributed by atoms with E-state index >= 15 is 0 Å². The standard InChI is InChI=1S/C6H12O8S2.2Na/c7-13-14-15-11-5-2-1-3-6(4-5)12-16(8,9)10;;/h5-7H,1-4H2,(H,8,9,10);;/q;2*+1/p-2. The van der Waals surface area contributed by atoms with Crippen LogP contribution in [-0.2, 0) is 28.1 Å². The van der Waals surface area contributed by atoms with Gasteiger partial charge in [-0.25, -0.2) is 8.42 Å². The molecule has 0 aliphatic heterocycles. The van der Waals surface area contributed by atoms with Crippen LogP contribution in [0.5, 0.6) is 0 Å². The van der Waals surface area contributed by atoms with Crippen molar-refractivity contribution in [3.8, 4) is 0 Å². The van der Waals surface area contributed by atoms with Crippen LogP contribution in [0.3, 0.4) is 0 Å². The Morgan fingerprint density at radius 1 is 1.17 bits per heavy atom. The molecular weight excluding hydrogens is 310 g/mol. The molecule has 1 saturated carbocycles. The van der Waals surface area contributed by atoms with Gasteiger partial charge in [0, 0.05) is 6.42 Å². The van der Waals surface area contributed by atoms with E-state index in [1.807, 2.05) is 0 Å². The molecule has 12 heteroatoms. The molecule has 0 amide bonds. The molecule has 0 bridgehead atoms. The van der Waals surface area contributed by atoms with Crippen LogP contribution in [0, 0.1) is 0 Å². The van der Waals surface area contributed by atoms with E-state index in [2.05, 4.69) is 13.6 Å². The van der Waals surface area contributed by atoms with E-state index in [1.165, 1.54) is 0 Å². The summed E-state index contributed by atoms with van der Waals surface area (Å²) in [5.74, 6) is 0. The molecule has 0 aromatic rings. The zero-order valence-electron chi connectivity index (χ0n) is 10.1. The average molecular weight is 320 g/mol. The van der Waals surface area contributed by atoms with Gasteiger partial charge in [-0.3, -0.25) is 13.4 Å². The van der Waals surface area contributed by atoms with Crippen LogP contribution >= 0.6 is 12.3 Å². The minimum Gasteiger partial charge on any atom is -0.726 e. The minimum atomic E-state index is -4.69. The Bertz CT molecular complexity index is 300. The first-order chi connectivity index (χ1) is 7.51. The molecule has 0 aromatic carbocycles. The Labute approximate surface area is 154 Å². The van der Waals surface area contributed by atoms with Crippen LogP contribution in [0.1, 0.15) is 25.7 Å². The Balaban J connectivity index is 0. The van der Waals surface area contributed by atoms with E-state index in [-0.39, 0.29) is 71.6 Å². The summed E-state index contributed by atoms with van der Waals surface area (Å²) in [6, 6.07) is 0. The molecule has 2 atom stereocenters. The van der Waals surface area contributed by atoms with Gasteiger partial charge in [0.05, 0.1) is 12.2 Å². The monoisotopic (exact) mass is 320 g/mol. The summed E-state index contributed by atoms with van der Waals surface area (Å²) in [7, 11) is -4.69. The van der Waals surface area contributed by atoms with E-state index < -0.39 is 16.5 Å². The summed E-state index contributed by atoms with van der Waals surface area (Å²) >= 11 is 0.362. The third-order valence-electron chi connectivity index (χ3n) is 2.06. The van der Waals surface area contributed by atoms with Gasteiger partial charge in [-0.05, 0) is 19.3 Å². The SMILES string of the molecule is O=S(=O)([O-])OC1CCCC(OSOO[O-])C1.[Na+].[Na+]. The summed E-state index contributed by atoms with van der Waals surface area (Å²) in [4.78, 5) is 0. The van der Waals surface area contributed by atoms with Gasteiger partial charge in [-0.1, -0.05) is 0 Å². The summed E-state index contributed by atoms with van der Waals surface area (Å²) in [6.07, 6.45) is 1.01. The quantitative estimate of drug-likeness (QED) is 0.0895. The molecule has 2 unspecified atom stereocenters. The fourth-order valence-electron chi connectivity index (χ4n) is 1.53. The van der Waals surface area contributed by atoms with Gasteiger partial charge < -0.3 is 9.81 Å². The van der Waals surface area contributed by atoms with Crippen LogP contribution in [0.25, 0.3) is 0 Å². The number of rotatable bonds is 6. The molecule has 1 fully saturated rings. The molecule has 0 radical (unpaired) electrons. The van der Waals surface area contributed by atoms with E-state index in [0.29, 0.717) is 31.6 Å². The maximum absolute atomic E-state index is 10.4. The third-order valence-corrected chi connectivity index (χ3v) is 3.03. The van der Waals surface area contributed by atoms with Crippen LogP contribution in [-0.4, -0.2) is 25.2 Å². The van der Waals surface area contributed by atoms with Gasteiger partial charge in [-0.15, -0.1) is 4.33 Å². The van der Waals surface area contributed by atoms with E-state index in [0.717, 1.165) is 0 Å². The van der Waals surface area contributed by atoms with Crippen molar-refractivity contribution in [1.82, 2.24) is 0 Å². The van der Waals surface area contributed by atoms with Gasteiger partial charge in [0.25, 0.3) is 0 Å². The van der Waals surface area contributed by atoms with Gasteiger partial charge in [0.15, 0.2) is 12.3 Å². The molecule has 18 heavy (non-hydrogen) atoms. The molecule has 0 saturated heterocycles. The Hall–Kier alpha value is 2.06. The summed E-state index contributed by atoms with van der Waals surface area (Å²) in [5.41, 5.74) is 0. The minimum absolute atomic E-state index is 0. The van der Waals surface area contributed by atoms with E-state index in [9.17, 15) is 18.2 Å². The zero-order chi connectivity index (χ0) is 12.0. The van der Waals surface area contributed by atoms with Crippen molar-refractivity contribution in [3.63, 3.8) is 0 Å². The molecule has 0 aromatic heterocycles. The Morgan fingerprint density at radius 2 is 1.78 bits per heavy atom. The Kier molecular flexibility index (Phi) is 14.5. The predicted octanol–water partition coefficient (Wildman–Crippen LogP) is -6.41. The second kappa shape index (κ2) is 11.7. The van der Waals surface area contributed by atoms with Crippen molar-refractivity contribution >= 4 is 22.7 Å². The first kappa shape index (κ1) is 22.3. The molecule has 0 spiro atoms. The molecule has 0 N–H and O–H groups in total. The molecule has 0 heterocycles. The predicted molar refractivity (Wildman–Crippen MR) is 47.7 cm³/mol. The van der Waals surface area contributed by atoms with Gasteiger partial charge >= 0.3 is 59.1 Å². The summed E-state index contributed by atoms with van der Waals surface area (Å²) < 4.78 is 44.2. The fraction of sp³-hybridized carbons (Fsp3) is 1.00. The molecule has 1 aliphatic carbocycles. The largest absolute Gasteiger partial charge is 1.00 e. The summed E-state index contributed by atoms with van der Waals surface area (Å²) in [5, 5.41) is 12.5. The second-order valence-electron chi connectivity index (χ2n) is 3.22. The van der Waals surface area contributed by atoms with Crippen LogP contribution in [0.15, 0.2) is 0 Å². The first-order valence-electron chi connectivity index (χ1n) is 4.44. The molecule has 1 rings (SSSR count).